The summed E-state index contributed by atoms with van der Waals surface area (Å²) in [6.45, 7) is 1.77. The second kappa shape index (κ2) is 6.16. The van der Waals surface area contributed by atoms with E-state index in [-0.39, 0.29) is 23.9 Å². The van der Waals surface area contributed by atoms with Gasteiger partial charge in [-0.3, -0.25) is 14.7 Å². The number of fused-ring (bicyclic) bond motifs is 2. The number of rotatable bonds is 4. The summed E-state index contributed by atoms with van der Waals surface area (Å²) < 4.78 is 1.30. The number of aromatic amines is 1. The van der Waals surface area contributed by atoms with E-state index in [0.29, 0.717) is 23.5 Å². The van der Waals surface area contributed by atoms with Gasteiger partial charge in [-0.2, -0.15) is 4.52 Å². The van der Waals surface area contributed by atoms with Gasteiger partial charge in [0.05, 0.1) is 5.69 Å². The Balaban J connectivity index is 1.41. The molecule has 1 amide bonds. The lowest BCUT2D eigenvalue weighted by atomic mass is 10.1. The number of nitrogens with one attached hydrogen (secondary N) is 2. The minimum absolute atomic E-state index is 0.0358. The van der Waals surface area contributed by atoms with Crippen LogP contribution in [0.3, 0.4) is 0 Å². The Bertz CT molecular complexity index is 979. The van der Waals surface area contributed by atoms with Crippen molar-refractivity contribution in [3.05, 3.63) is 63.3 Å². The van der Waals surface area contributed by atoms with E-state index in [1.165, 1.54) is 22.0 Å². The molecule has 2 N–H and O–H groups in total. The molecule has 3 aromatic rings. The SMILES string of the molecule is Cc1nc2nc[nH]n2c(=O)c1CCC(=O)NC1Cc2ccccc2C1. The smallest absolute Gasteiger partial charge is 0.277 e. The molecule has 0 saturated heterocycles. The highest BCUT2D eigenvalue weighted by Gasteiger charge is 2.22. The van der Waals surface area contributed by atoms with E-state index in [2.05, 4.69) is 32.5 Å². The molecule has 0 atom stereocenters. The van der Waals surface area contributed by atoms with Crippen molar-refractivity contribution >= 4 is 11.7 Å². The Morgan fingerprint density at radius 3 is 2.76 bits per heavy atom. The van der Waals surface area contributed by atoms with E-state index >= 15 is 0 Å². The van der Waals surface area contributed by atoms with Crippen LogP contribution in [-0.2, 0) is 24.1 Å². The molecule has 2 heterocycles. The lowest BCUT2D eigenvalue weighted by molar-refractivity contribution is -0.121. The van der Waals surface area contributed by atoms with Crippen molar-refractivity contribution in [3.8, 4) is 0 Å². The van der Waals surface area contributed by atoms with Crippen LogP contribution in [0.2, 0.25) is 0 Å². The summed E-state index contributed by atoms with van der Waals surface area (Å²) >= 11 is 0. The normalized spacial score (nSPS) is 14.0. The Morgan fingerprint density at radius 1 is 1.32 bits per heavy atom. The Labute approximate surface area is 144 Å². The maximum absolute atomic E-state index is 12.4. The molecule has 4 rings (SSSR count). The molecule has 0 spiro atoms. The first kappa shape index (κ1) is 15.6. The molecule has 1 aromatic carbocycles. The molecule has 7 heteroatoms. The number of H-pyrrole nitrogens is 1. The quantitative estimate of drug-likeness (QED) is 0.741. The standard InChI is InChI=1S/C18H19N5O2/c1-11-15(17(25)23-18(21-11)19-10-20-23)6-7-16(24)22-14-8-12-4-2-3-5-13(12)9-14/h2-5,10,14H,6-9H2,1H3,(H,22,24)(H,19,20,21). The van der Waals surface area contributed by atoms with Crippen molar-refractivity contribution in [2.45, 2.75) is 38.6 Å². The predicted octanol–water partition coefficient (Wildman–Crippen LogP) is 0.942. The number of hydrogen-bond donors (Lipinski definition) is 2. The molecule has 0 bridgehead atoms. The van der Waals surface area contributed by atoms with E-state index in [0.717, 1.165) is 12.8 Å². The van der Waals surface area contributed by atoms with Crippen molar-refractivity contribution in [3.63, 3.8) is 0 Å². The lowest BCUT2D eigenvalue weighted by Gasteiger charge is -2.12. The van der Waals surface area contributed by atoms with Crippen molar-refractivity contribution in [1.82, 2.24) is 24.9 Å². The maximum Gasteiger partial charge on any atom is 0.277 e. The lowest BCUT2D eigenvalue weighted by Crippen LogP contribution is -2.35. The van der Waals surface area contributed by atoms with Gasteiger partial charge in [0.15, 0.2) is 0 Å². The van der Waals surface area contributed by atoms with Crippen LogP contribution in [0, 0.1) is 6.92 Å². The summed E-state index contributed by atoms with van der Waals surface area (Å²) in [6.07, 6.45) is 3.80. The van der Waals surface area contributed by atoms with E-state index in [4.69, 9.17) is 0 Å². The predicted molar refractivity (Wildman–Crippen MR) is 92.4 cm³/mol. The van der Waals surface area contributed by atoms with Gasteiger partial charge in [-0.1, -0.05) is 24.3 Å². The number of nitrogens with zero attached hydrogens (tertiary/aromatic N) is 3. The molecule has 128 valence electrons. The van der Waals surface area contributed by atoms with Crippen LogP contribution in [0.15, 0.2) is 35.4 Å². The van der Waals surface area contributed by atoms with Crippen LogP contribution in [0.1, 0.15) is 28.8 Å². The van der Waals surface area contributed by atoms with Gasteiger partial charge < -0.3 is 5.32 Å². The van der Waals surface area contributed by atoms with Crippen molar-refractivity contribution in [2.75, 3.05) is 0 Å². The van der Waals surface area contributed by atoms with Gasteiger partial charge in [-0.15, -0.1) is 0 Å². The average molecular weight is 337 g/mol. The average Bonchev–Trinajstić information content (AvgIpc) is 3.20. The van der Waals surface area contributed by atoms with Crippen LogP contribution in [-0.4, -0.2) is 31.5 Å². The largest absolute Gasteiger partial charge is 0.353 e. The molecule has 1 aliphatic rings. The summed E-state index contributed by atoms with van der Waals surface area (Å²) in [7, 11) is 0. The highest BCUT2D eigenvalue weighted by molar-refractivity contribution is 5.76. The summed E-state index contributed by atoms with van der Waals surface area (Å²) in [6, 6.07) is 8.41. The van der Waals surface area contributed by atoms with Crippen molar-refractivity contribution in [2.24, 2.45) is 0 Å². The number of amides is 1. The Morgan fingerprint density at radius 2 is 2.04 bits per heavy atom. The molecule has 0 fully saturated rings. The van der Waals surface area contributed by atoms with Gasteiger partial charge in [0, 0.05) is 18.0 Å². The topological polar surface area (TPSA) is 92.2 Å². The van der Waals surface area contributed by atoms with Crippen LogP contribution >= 0.6 is 0 Å². The van der Waals surface area contributed by atoms with Crippen LogP contribution in [0.4, 0.5) is 0 Å². The Kier molecular flexibility index (Phi) is 3.83. The van der Waals surface area contributed by atoms with Gasteiger partial charge in [-0.25, -0.2) is 9.97 Å². The molecule has 1 aliphatic carbocycles. The molecule has 0 radical (unpaired) electrons. The number of carbonyl (C=O) groups is 1. The van der Waals surface area contributed by atoms with E-state index < -0.39 is 0 Å². The molecule has 25 heavy (non-hydrogen) atoms. The minimum atomic E-state index is -0.193. The second-order valence-corrected chi connectivity index (χ2v) is 6.45. The summed E-state index contributed by atoms with van der Waals surface area (Å²) in [5, 5.41) is 5.82. The molecule has 0 unspecified atom stereocenters. The van der Waals surface area contributed by atoms with Gasteiger partial charge >= 0.3 is 0 Å². The third-order valence-electron chi connectivity index (χ3n) is 4.75. The summed E-state index contributed by atoms with van der Waals surface area (Å²) in [5.74, 6) is 0.311. The first-order chi connectivity index (χ1) is 12.1. The van der Waals surface area contributed by atoms with E-state index in [9.17, 15) is 9.59 Å². The van der Waals surface area contributed by atoms with Crippen LogP contribution in [0.5, 0.6) is 0 Å². The zero-order valence-electron chi connectivity index (χ0n) is 14.0. The molecule has 0 aliphatic heterocycles. The fourth-order valence-corrected chi connectivity index (χ4v) is 3.48. The minimum Gasteiger partial charge on any atom is -0.353 e. The maximum atomic E-state index is 12.4. The first-order valence-corrected chi connectivity index (χ1v) is 8.39. The highest BCUT2D eigenvalue weighted by atomic mass is 16.1. The first-order valence-electron chi connectivity index (χ1n) is 8.39. The van der Waals surface area contributed by atoms with Crippen molar-refractivity contribution in [1.29, 1.82) is 0 Å². The third kappa shape index (κ3) is 2.93. The molecule has 7 nitrogen and oxygen atoms in total. The van der Waals surface area contributed by atoms with Gasteiger partial charge in [0.1, 0.15) is 6.33 Å². The number of aryl methyl sites for hydroxylation is 1. The van der Waals surface area contributed by atoms with Crippen LogP contribution < -0.4 is 10.9 Å². The Hall–Kier alpha value is -2.96. The van der Waals surface area contributed by atoms with E-state index in [1.807, 2.05) is 12.1 Å². The van der Waals surface area contributed by atoms with Crippen molar-refractivity contribution < 1.29 is 4.79 Å². The fraction of sp³-hybridized carbons (Fsp3) is 0.333. The van der Waals surface area contributed by atoms with Gasteiger partial charge in [0.25, 0.3) is 11.3 Å². The molecular formula is C18H19N5O2. The summed E-state index contributed by atoms with van der Waals surface area (Å²) in [5.41, 5.74) is 3.58. The van der Waals surface area contributed by atoms with Gasteiger partial charge in [0.2, 0.25) is 5.91 Å². The molecule has 0 saturated carbocycles. The summed E-state index contributed by atoms with van der Waals surface area (Å²) in [4.78, 5) is 33.0. The molecule has 2 aromatic heterocycles. The van der Waals surface area contributed by atoms with E-state index in [1.54, 1.807) is 6.92 Å². The second-order valence-electron chi connectivity index (χ2n) is 6.45. The zero-order chi connectivity index (χ0) is 17.4. The van der Waals surface area contributed by atoms with Gasteiger partial charge in [-0.05, 0) is 37.3 Å². The zero-order valence-corrected chi connectivity index (χ0v) is 14.0. The number of aromatic nitrogens is 4. The third-order valence-corrected chi connectivity index (χ3v) is 4.75. The highest BCUT2D eigenvalue weighted by Crippen LogP contribution is 2.21. The number of carbonyl (C=O) groups excluding carboxylic acids is 1. The fourth-order valence-electron chi connectivity index (χ4n) is 3.48. The molecular weight excluding hydrogens is 318 g/mol. The number of hydrogen-bond acceptors (Lipinski definition) is 4. The monoisotopic (exact) mass is 337 g/mol. The van der Waals surface area contributed by atoms with Crippen LogP contribution in [0.25, 0.3) is 5.78 Å². The number of benzene rings is 1.